The van der Waals surface area contributed by atoms with Gasteiger partial charge in [-0.15, -0.1) is 0 Å². The molecule has 0 aliphatic carbocycles. The van der Waals surface area contributed by atoms with E-state index in [2.05, 4.69) is 106 Å². The number of carbonyl (C=O) groups is 3. The van der Waals surface area contributed by atoms with Crippen LogP contribution in [0.4, 0.5) is 0 Å². The highest BCUT2D eigenvalue weighted by molar-refractivity contribution is 5.71. The van der Waals surface area contributed by atoms with E-state index in [4.69, 9.17) is 14.2 Å². The minimum Gasteiger partial charge on any atom is -0.462 e. The van der Waals surface area contributed by atoms with E-state index in [0.29, 0.717) is 19.3 Å². The summed E-state index contributed by atoms with van der Waals surface area (Å²) in [7, 11) is 0. The number of hydrogen-bond donors (Lipinski definition) is 0. The van der Waals surface area contributed by atoms with Gasteiger partial charge in [-0.1, -0.05) is 273 Å². The van der Waals surface area contributed by atoms with Crippen molar-refractivity contribution in [3.8, 4) is 0 Å². The second kappa shape index (κ2) is 60.1. The predicted molar refractivity (Wildman–Crippen MR) is 311 cm³/mol. The van der Waals surface area contributed by atoms with Gasteiger partial charge in [0.2, 0.25) is 0 Å². The Balaban J connectivity index is 4.05. The van der Waals surface area contributed by atoms with Gasteiger partial charge in [0.15, 0.2) is 6.10 Å². The molecule has 0 heterocycles. The molecule has 0 aromatic rings. The molecule has 72 heavy (non-hydrogen) atoms. The van der Waals surface area contributed by atoms with Crippen molar-refractivity contribution in [3.05, 3.63) is 85.1 Å². The Labute approximate surface area is 445 Å². The molecule has 0 bridgehead atoms. The molecule has 0 N–H and O–H groups in total. The van der Waals surface area contributed by atoms with Crippen LogP contribution in [-0.2, 0) is 28.6 Å². The molecule has 0 aliphatic heterocycles. The minimum absolute atomic E-state index is 0.0968. The zero-order valence-corrected chi connectivity index (χ0v) is 47.4. The molecule has 0 aromatic heterocycles. The van der Waals surface area contributed by atoms with E-state index in [9.17, 15) is 14.4 Å². The second-order valence-corrected chi connectivity index (χ2v) is 20.2. The average Bonchev–Trinajstić information content (AvgIpc) is 3.38. The van der Waals surface area contributed by atoms with Crippen LogP contribution < -0.4 is 0 Å². The van der Waals surface area contributed by atoms with Crippen molar-refractivity contribution in [2.24, 2.45) is 0 Å². The SMILES string of the molecule is CC/C=C\C/C=C\C/C=C\C/C=C\C/C=C\CCCC(=O)OC(COC(=O)CCCCCCCC)COC(=O)CCCCCCCCCCCCCCCCCCCCC/C=C\C/C=C\CCCCCCC. The molecule has 0 amide bonds. The Morgan fingerprint density at radius 3 is 0.889 bits per heavy atom. The van der Waals surface area contributed by atoms with Crippen molar-refractivity contribution >= 4 is 17.9 Å². The lowest BCUT2D eigenvalue weighted by molar-refractivity contribution is -0.167. The topological polar surface area (TPSA) is 78.9 Å². The van der Waals surface area contributed by atoms with Gasteiger partial charge in [0, 0.05) is 19.3 Å². The highest BCUT2D eigenvalue weighted by Crippen LogP contribution is 2.16. The maximum absolute atomic E-state index is 12.8. The largest absolute Gasteiger partial charge is 0.462 e. The maximum atomic E-state index is 12.8. The summed E-state index contributed by atoms with van der Waals surface area (Å²) in [5, 5.41) is 0. The lowest BCUT2D eigenvalue weighted by Gasteiger charge is -2.18. The fraction of sp³-hybridized carbons (Fsp3) is 0.742. The molecule has 6 heteroatoms. The Kier molecular flexibility index (Phi) is 57.3. The highest BCUT2D eigenvalue weighted by atomic mass is 16.6. The van der Waals surface area contributed by atoms with Crippen molar-refractivity contribution in [1.29, 1.82) is 0 Å². The summed E-state index contributed by atoms with van der Waals surface area (Å²) in [4.78, 5) is 37.9. The fourth-order valence-corrected chi connectivity index (χ4v) is 8.57. The molecule has 0 spiro atoms. The normalized spacial score (nSPS) is 12.7. The van der Waals surface area contributed by atoms with E-state index in [1.807, 2.05) is 0 Å². The van der Waals surface area contributed by atoms with Gasteiger partial charge < -0.3 is 14.2 Å². The molecule has 0 radical (unpaired) electrons. The first-order valence-corrected chi connectivity index (χ1v) is 30.6. The average molecular weight is 1000 g/mol. The van der Waals surface area contributed by atoms with Crippen LogP contribution in [0.15, 0.2) is 85.1 Å². The molecule has 1 atom stereocenters. The van der Waals surface area contributed by atoms with Crippen LogP contribution in [0, 0.1) is 0 Å². The van der Waals surface area contributed by atoms with Gasteiger partial charge >= 0.3 is 17.9 Å². The van der Waals surface area contributed by atoms with E-state index >= 15 is 0 Å². The molecule has 0 fully saturated rings. The number of unbranched alkanes of at least 4 members (excludes halogenated alkanes) is 30. The maximum Gasteiger partial charge on any atom is 0.306 e. The Morgan fingerprint density at radius 2 is 0.556 bits per heavy atom. The van der Waals surface area contributed by atoms with Crippen LogP contribution in [0.2, 0.25) is 0 Å². The summed E-state index contributed by atoms with van der Waals surface area (Å²) in [6.07, 6.45) is 79.3. The van der Waals surface area contributed by atoms with Crippen LogP contribution in [0.3, 0.4) is 0 Å². The van der Waals surface area contributed by atoms with Crippen molar-refractivity contribution in [1.82, 2.24) is 0 Å². The lowest BCUT2D eigenvalue weighted by Crippen LogP contribution is -2.30. The smallest absolute Gasteiger partial charge is 0.306 e. The van der Waals surface area contributed by atoms with Crippen molar-refractivity contribution in [3.63, 3.8) is 0 Å². The summed E-state index contributed by atoms with van der Waals surface area (Å²) >= 11 is 0. The zero-order valence-electron chi connectivity index (χ0n) is 47.4. The number of esters is 3. The summed E-state index contributed by atoms with van der Waals surface area (Å²) in [6.45, 7) is 6.42. The molecule has 0 aromatic carbocycles. The van der Waals surface area contributed by atoms with E-state index in [0.717, 1.165) is 83.5 Å². The van der Waals surface area contributed by atoms with Gasteiger partial charge in [-0.2, -0.15) is 0 Å². The number of ether oxygens (including phenoxy) is 3. The molecular weight excluding hydrogens is 889 g/mol. The summed E-state index contributed by atoms with van der Waals surface area (Å²) in [5.74, 6) is -0.959. The van der Waals surface area contributed by atoms with E-state index in [-0.39, 0.29) is 37.5 Å². The van der Waals surface area contributed by atoms with Gasteiger partial charge in [-0.25, -0.2) is 0 Å². The van der Waals surface area contributed by atoms with Gasteiger partial charge in [0.1, 0.15) is 13.2 Å². The molecular formula is C66H114O6. The summed E-state index contributed by atoms with van der Waals surface area (Å²) in [6, 6.07) is 0. The van der Waals surface area contributed by atoms with Gasteiger partial charge in [0.25, 0.3) is 0 Å². The molecule has 0 aliphatic rings. The quantitative estimate of drug-likeness (QED) is 0.0261. The van der Waals surface area contributed by atoms with Crippen LogP contribution in [0.5, 0.6) is 0 Å². The standard InChI is InChI=1S/C66H114O6/c1-4-7-10-13-16-18-20-22-24-26-27-28-29-30-31-32-33-34-35-36-37-38-39-41-42-44-46-48-50-53-56-59-65(68)71-62-63(61-70-64(67)58-55-52-15-12-9-6-3)72-66(69)60-57-54-51-49-47-45-43-40-25-23-21-19-17-14-11-8-5-2/h8,11,17,19-20,22-23,25-27,43,45,49,51,63H,4-7,9-10,12-16,18,21,24,28-42,44,46-48,50,52-62H2,1-3H3/b11-8-,19-17-,22-20-,25-23-,27-26-,45-43-,51-49-. The minimum atomic E-state index is -0.802. The van der Waals surface area contributed by atoms with E-state index < -0.39 is 6.10 Å². The van der Waals surface area contributed by atoms with Crippen molar-refractivity contribution < 1.29 is 28.6 Å². The zero-order chi connectivity index (χ0) is 52.2. The first-order valence-electron chi connectivity index (χ1n) is 30.6. The number of hydrogen-bond acceptors (Lipinski definition) is 6. The van der Waals surface area contributed by atoms with Crippen molar-refractivity contribution in [2.45, 2.75) is 303 Å². The first-order chi connectivity index (χ1) is 35.5. The van der Waals surface area contributed by atoms with E-state index in [1.165, 1.54) is 167 Å². The third-order valence-electron chi connectivity index (χ3n) is 13.1. The monoisotopic (exact) mass is 1000 g/mol. The molecule has 1 unspecified atom stereocenters. The molecule has 6 nitrogen and oxygen atoms in total. The fourth-order valence-electron chi connectivity index (χ4n) is 8.57. The highest BCUT2D eigenvalue weighted by Gasteiger charge is 2.19. The Morgan fingerprint density at radius 1 is 0.292 bits per heavy atom. The third-order valence-corrected chi connectivity index (χ3v) is 13.1. The molecule has 0 rings (SSSR count). The summed E-state index contributed by atoms with van der Waals surface area (Å²) < 4.78 is 16.7. The second-order valence-electron chi connectivity index (χ2n) is 20.2. The van der Waals surface area contributed by atoms with Crippen molar-refractivity contribution in [2.75, 3.05) is 13.2 Å². The number of rotatable bonds is 55. The Hall–Kier alpha value is -3.41. The Bertz CT molecular complexity index is 1380. The lowest BCUT2D eigenvalue weighted by atomic mass is 10.0. The van der Waals surface area contributed by atoms with Gasteiger partial charge in [0.05, 0.1) is 0 Å². The van der Waals surface area contributed by atoms with E-state index in [1.54, 1.807) is 0 Å². The van der Waals surface area contributed by atoms with Crippen LogP contribution in [0.25, 0.3) is 0 Å². The molecule has 0 saturated carbocycles. The van der Waals surface area contributed by atoms with Crippen LogP contribution >= 0.6 is 0 Å². The predicted octanol–water partition coefficient (Wildman–Crippen LogP) is 20.7. The summed E-state index contributed by atoms with van der Waals surface area (Å²) in [5.41, 5.74) is 0. The van der Waals surface area contributed by atoms with Crippen LogP contribution in [-0.4, -0.2) is 37.2 Å². The van der Waals surface area contributed by atoms with Gasteiger partial charge in [-0.3, -0.25) is 14.4 Å². The molecule has 0 saturated heterocycles. The van der Waals surface area contributed by atoms with Crippen LogP contribution in [0.1, 0.15) is 297 Å². The number of allylic oxidation sites excluding steroid dienone is 14. The number of carbonyl (C=O) groups excluding carboxylic acids is 3. The third kappa shape index (κ3) is 57.5. The first kappa shape index (κ1) is 68.6. The van der Waals surface area contributed by atoms with Gasteiger partial charge in [-0.05, 0) is 89.9 Å². The molecule has 414 valence electrons.